The summed E-state index contributed by atoms with van der Waals surface area (Å²) >= 11 is 0. The van der Waals surface area contributed by atoms with Gasteiger partial charge in [0, 0.05) is 31.0 Å². The van der Waals surface area contributed by atoms with Gasteiger partial charge >= 0.3 is 0 Å². The zero-order chi connectivity index (χ0) is 19.8. The Hall–Kier alpha value is -3.21. The van der Waals surface area contributed by atoms with E-state index in [0.717, 1.165) is 12.1 Å². The number of rotatable bonds is 2. The number of nitrogens with zero attached hydrogens (tertiary/aromatic N) is 4. The van der Waals surface area contributed by atoms with E-state index < -0.39 is 28.9 Å². The van der Waals surface area contributed by atoms with Gasteiger partial charge in [0.1, 0.15) is 17.7 Å². The maximum Gasteiger partial charge on any atom is 0.191 e. The maximum atomic E-state index is 14.7. The number of nitrogens with two attached hydrogens (primary N) is 1. The first-order valence-corrected chi connectivity index (χ1v) is 8.54. The Morgan fingerprint density at radius 3 is 2.52 bits per heavy atom. The Balaban J connectivity index is 2.34. The molecule has 1 aliphatic heterocycles. The maximum absolute atomic E-state index is 14.7. The molecule has 7 heteroatoms. The Morgan fingerprint density at radius 2 is 1.96 bits per heavy atom. The van der Waals surface area contributed by atoms with Gasteiger partial charge in [-0.25, -0.2) is 8.78 Å². The molecule has 0 amide bonds. The third kappa shape index (κ3) is 2.67. The summed E-state index contributed by atoms with van der Waals surface area (Å²) < 4.78 is 28.1. The number of hydrogen-bond acceptors (Lipinski definition) is 5. The van der Waals surface area contributed by atoms with Crippen LogP contribution in [0.4, 0.5) is 8.78 Å². The number of likely N-dealkylation sites (N-methyl/N-ethyl adjacent to an activating group) is 1. The van der Waals surface area contributed by atoms with Crippen molar-refractivity contribution in [1.29, 1.82) is 15.8 Å². The van der Waals surface area contributed by atoms with Crippen molar-refractivity contribution in [3.05, 3.63) is 58.3 Å². The van der Waals surface area contributed by atoms with Gasteiger partial charge in [-0.2, -0.15) is 15.8 Å². The molecule has 0 fully saturated rings. The number of nitriles is 3. The minimum atomic E-state index is -1.91. The molecule has 2 atom stereocenters. The molecule has 2 N–H and O–H groups in total. The van der Waals surface area contributed by atoms with Crippen LogP contribution in [0, 0.1) is 57.0 Å². The van der Waals surface area contributed by atoms with Gasteiger partial charge in [-0.1, -0.05) is 19.1 Å². The summed E-state index contributed by atoms with van der Waals surface area (Å²) in [5.74, 6) is -3.02. The van der Waals surface area contributed by atoms with E-state index in [0.29, 0.717) is 25.2 Å². The average Bonchev–Trinajstić information content (AvgIpc) is 2.67. The van der Waals surface area contributed by atoms with Crippen LogP contribution in [0.3, 0.4) is 0 Å². The second-order valence-electron chi connectivity index (χ2n) is 6.69. The lowest BCUT2D eigenvalue weighted by Crippen LogP contribution is -2.48. The molecular formula is C20H17F2N5. The Morgan fingerprint density at radius 1 is 1.26 bits per heavy atom. The van der Waals surface area contributed by atoms with Crippen molar-refractivity contribution >= 4 is 0 Å². The lowest BCUT2D eigenvalue weighted by molar-refractivity contribution is 0.212. The molecule has 0 radical (unpaired) electrons. The fraction of sp³-hybridized carbons (Fsp3) is 0.350. The molecule has 1 heterocycles. The van der Waals surface area contributed by atoms with Crippen molar-refractivity contribution in [2.75, 3.05) is 19.6 Å². The molecular weight excluding hydrogens is 348 g/mol. The predicted molar refractivity (Wildman–Crippen MR) is 93.3 cm³/mol. The van der Waals surface area contributed by atoms with Crippen LogP contribution in [0.2, 0.25) is 0 Å². The van der Waals surface area contributed by atoms with Gasteiger partial charge in [-0.15, -0.1) is 0 Å². The molecule has 1 aliphatic carbocycles. The average molecular weight is 365 g/mol. The van der Waals surface area contributed by atoms with Gasteiger partial charge in [-0.05, 0) is 23.7 Å². The SMILES string of the molecule is CCN1CC=C2C(C#N)=C(N)C(C#N)(C#N)[C@@H](c3ccc(F)cc3F)[C@H]2C1. The largest absolute Gasteiger partial charge is 0.399 e. The summed E-state index contributed by atoms with van der Waals surface area (Å²) in [6, 6.07) is 8.98. The van der Waals surface area contributed by atoms with Crippen molar-refractivity contribution in [1.82, 2.24) is 4.90 Å². The number of allylic oxidation sites excluding steroid dienone is 2. The van der Waals surface area contributed by atoms with Crippen LogP contribution < -0.4 is 5.73 Å². The molecule has 136 valence electrons. The summed E-state index contributed by atoms with van der Waals surface area (Å²) in [7, 11) is 0. The molecule has 3 rings (SSSR count). The first kappa shape index (κ1) is 18.6. The quantitative estimate of drug-likeness (QED) is 0.868. The highest BCUT2D eigenvalue weighted by Gasteiger charge is 2.55. The fourth-order valence-electron chi connectivity index (χ4n) is 4.10. The Labute approximate surface area is 156 Å². The van der Waals surface area contributed by atoms with Crippen LogP contribution in [0.5, 0.6) is 0 Å². The van der Waals surface area contributed by atoms with E-state index in [1.165, 1.54) is 6.07 Å². The van der Waals surface area contributed by atoms with Crippen molar-refractivity contribution in [2.45, 2.75) is 12.8 Å². The zero-order valence-electron chi connectivity index (χ0n) is 14.7. The number of halogens is 2. The van der Waals surface area contributed by atoms with E-state index in [4.69, 9.17) is 5.73 Å². The van der Waals surface area contributed by atoms with E-state index in [1.807, 2.05) is 31.2 Å². The highest BCUT2D eigenvalue weighted by Crippen LogP contribution is 2.54. The van der Waals surface area contributed by atoms with Crippen molar-refractivity contribution in [3.63, 3.8) is 0 Å². The number of hydrogen-bond donors (Lipinski definition) is 1. The molecule has 0 bridgehead atoms. The molecule has 2 aliphatic rings. The minimum Gasteiger partial charge on any atom is -0.399 e. The Bertz CT molecular complexity index is 960. The molecule has 1 aromatic rings. The van der Waals surface area contributed by atoms with Crippen LogP contribution >= 0.6 is 0 Å². The normalized spacial score (nSPS) is 24.2. The summed E-state index contributed by atoms with van der Waals surface area (Å²) in [4.78, 5) is 2.07. The van der Waals surface area contributed by atoms with E-state index in [9.17, 15) is 24.6 Å². The van der Waals surface area contributed by atoms with Gasteiger partial charge in [0.05, 0.1) is 23.4 Å². The van der Waals surface area contributed by atoms with Crippen molar-refractivity contribution < 1.29 is 8.78 Å². The summed E-state index contributed by atoms with van der Waals surface area (Å²) in [6.07, 6.45) is 1.84. The zero-order valence-corrected chi connectivity index (χ0v) is 14.7. The lowest BCUT2D eigenvalue weighted by Gasteiger charge is -2.45. The Kier molecular flexibility index (Phi) is 4.70. The lowest BCUT2D eigenvalue weighted by atomic mass is 9.58. The van der Waals surface area contributed by atoms with E-state index in [1.54, 1.807) is 0 Å². The fourth-order valence-corrected chi connectivity index (χ4v) is 4.10. The summed E-state index contributed by atoms with van der Waals surface area (Å²) in [6.45, 7) is 3.71. The second-order valence-corrected chi connectivity index (χ2v) is 6.69. The van der Waals surface area contributed by atoms with Gasteiger partial charge in [0.15, 0.2) is 5.41 Å². The smallest absolute Gasteiger partial charge is 0.191 e. The topological polar surface area (TPSA) is 101 Å². The first-order valence-electron chi connectivity index (χ1n) is 8.54. The summed E-state index contributed by atoms with van der Waals surface area (Å²) in [5.41, 5.74) is 4.83. The molecule has 5 nitrogen and oxygen atoms in total. The van der Waals surface area contributed by atoms with Crippen molar-refractivity contribution in [3.8, 4) is 18.2 Å². The van der Waals surface area contributed by atoms with Crippen LogP contribution in [0.25, 0.3) is 0 Å². The van der Waals surface area contributed by atoms with Crippen molar-refractivity contribution in [2.24, 2.45) is 17.1 Å². The monoisotopic (exact) mass is 365 g/mol. The van der Waals surface area contributed by atoms with Gasteiger partial charge in [-0.3, -0.25) is 4.90 Å². The second kappa shape index (κ2) is 6.83. The van der Waals surface area contributed by atoms with E-state index in [-0.39, 0.29) is 16.8 Å². The third-order valence-corrected chi connectivity index (χ3v) is 5.48. The highest BCUT2D eigenvalue weighted by atomic mass is 19.1. The van der Waals surface area contributed by atoms with Gasteiger partial charge < -0.3 is 5.73 Å². The van der Waals surface area contributed by atoms with Crippen LogP contribution in [-0.2, 0) is 0 Å². The molecule has 0 saturated heterocycles. The first-order chi connectivity index (χ1) is 12.9. The molecule has 0 saturated carbocycles. The van der Waals surface area contributed by atoms with Crippen LogP contribution in [0.1, 0.15) is 18.4 Å². The summed E-state index contributed by atoms with van der Waals surface area (Å²) in [5, 5.41) is 29.4. The molecule has 0 spiro atoms. The molecule has 0 aromatic heterocycles. The predicted octanol–water partition coefficient (Wildman–Crippen LogP) is 2.71. The number of fused-ring (bicyclic) bond motifs is 1. The van der Waals surface area contributed by atoms with E-state index in [2.05, 4.69) is 4.90 Å². The van der Waals surface area contributed by atoms with Gasteiger partial charge in [0.25, 0.3) is 0 Å². The highest BCUT2D eigenvalue weighted by molar-refractivity contribution is 5.59. The standard InChI is InChI=1S/C20H17F2N5/c1-2-27-6-5-13-15(8-23)19(26)20(10-24,11-25)18(16(13)9-27)14-4-3-12(21)7-17(14)22/h3-5,7,16,18H,2,6,9,26H2,1H3/t16-,18-/m0/s1. The van der Waals surface area contributed by atoms with Gasteiger partial charge in [0.2, 0.25) is 0 Å². The van der Waals surface area contributed by atoms with E-state index >= 15 is 0 Å². The number of benzene rings is 1. The van der Waals surface area contributed by atoms with Crippen LogP contribution in [-0.4, -0.2) is 24.5 Å². The van der Waals surface area contributed by atoms with Crippen LogP contribution in [0.15, 0.2) is 41.1 Å². The molecule has 27 heavy (non-hydrogen) atoms. The third-order valence-electron chi connectivity index (χ3n) is 5.48. The minimum absolute atomic E-state index is 0.0493. The molecule has 0 unspecified atom stereocenters. The molecule has 1 aromatic carbocycles.